The highest BCUT2D eigenvalue weighted by atomic mass is 15.1. The summed E-state index contributed by atoms with van der Waals surface area (Å²) in [4.78, 5) is 2.72. The topological polar surface area (TPSA) is 15.3 Å². The predicted octanol–water partition coefficient (Wildman–Crippen LogP) is 4.06. The van der Waals surface area contributed by atoms with Crippen LogP contribution in [0, 0.1) is 11.3 Å². The Hall–Kier alpha value is -0.0800. The van der Waals surface area contributed by atoms with Gasteiger partial charge in [0.1, 0.15) is 0 Å². The summed E-state index contributed by atoms with van der Waals surface area (Å²) in [6.45, 7) is 12.2. The summed E-state index contributed by atoms with van der Waals surface area (Å²) in [5.74, 6) is 0.953. The first kappa shape index (κ1) is 16.3. The lowest BCUT2D eigenvalue weighted by Gasteiger charge is -2.43. The number of hydrogen-bond donors (Lipinski definition) is 1. The van der Waals surface area contributed by atoms with Crippen molar-refractivity contribution in [2.45, 2.75) is 78.2 Å². The summed E-state index contributed by atoms with van der Waals surface area (Å²) in [5, 5.41) is 3.84. The highest BCUT2D eigenvalue weighted by Crippen LogP contribution is 2.39. The first-order valence-corrected chi connectivity index (χ1v) is 9.13. The molecule has 2 nitrogen and oxygen atoms in total. The Kier molecular flexibility index (Phi) is 6.35. The molecule has 0 bridgehead atoms. The van der Waals surface area contributed by atoms with Gasteiger partial charge in [-0.1, -0.05) is 40.0 Å². The molecule has 118 valence electrons. The summed E-state index contributed by atoms with van der Waals surface area (Å²) in [5.41, 5.74) is 0.568. The zero-order valence-electron chi connectivity index (χ0n) is 14.1. The molecule has 0 saturated heterocycles. The number of unbranched alkanes of at least 4 members (excludes halogenated alkanes) is 1. The van der Waals surface area contributed by atoms with Crippen molar-refractivity contribution in [1.82, 2.24) is 10.2 Å². The number of nitrogens with zero attached hydrogens (tertiary/aromatic N) is 1. The second-order valence-electron chi connectivity index (χ2n) is 7.56. The van der Waals surface area contributed by atoms with Crippen molar-refractivity contribution in [1.29, 1.82) is 0 Å². The van der Waals surface area contributed by atoms with Crippen LogP contribution in [0.2, 0.25) is 0 Å². The number of rotatable bonds is 9. The molecule has 0 unspecified atom stereocenters. The molecule has 0 spiro atoms. The van der Waals surface area contributed by atoms with Gasteiger partial charge in [-0.3, -0.25) is 0 Å². The van der Waals surface area contributed by atoms with Gasteiger partial charge in [0, 0.05) is 19.1 Å². The maximum atomic E-state index is 3.84. The Bertz CT molecular complexity index is 265. The van der Waals surface area contributed by atoms with Crippen LogP contribution in [0.25, 0.3) is 0 Å². The second-order valence-corrected chi connectivity index (χ2v) is 7.56. The van der Waals surface area contributed by atoms with Gasteiger partial charge < -0.3 is 10.2 Å². The molecule has 0 aliphatic heterocycles. The third-order valence-electron chi connectivity index (χ3n) is 5.51. The molecule has 0 amide bonds. The van der Waals surface area contributed by atoms with E-state index in [9.17, 15) is 0 Å². The van der Waals surface area contributed by atoms with Crippen LogP contribution >= 0.6 is 0 Å². The van der Waals surface area contributed by atoms with Crippen molar-refractivity contribution in [3.05, 3.63) is 0 Å². The summed E-state index contributed by atoms with van der Waals surface area (Å²) < 4.78 is 0. The molecule has 0 aromatic carbocycles. The third kappa shape index (κ3) is 5.04. The molecule has 0 aromatic heterocycles. The van der Waals surface area contributed by atoms with Gasteiger partial charge in [-0.15, -0.1) is 0 Å². The quantitative estimate of drug-likeness (QED) is 0.685. The minimum absolute atomic E-state index is 0.568. The standard InChI is InChI=1S/C18H36N2/c1-4-6-13-20(5-2)15-18(14-19-17-7-8-17)11-9-16(3)10-12-18/h16-17,19H,4-15H2,1-3H3. The Labute approximate surface area is 126 Å². The molecule has 20 heavy (non-hydrogen) atoms. The maximum Gasteiger partial charge on any atom is 0.00684 e. The van der Waals surface area contributed by atoms with E-state index in [1.165, 1.54) is 77.5 Å². The molecule has 2 aliphatic rings. The van der Waals surface area contributed by atoms with Crippen LogP contribution < -0.4 is 5.32 Å². The van der Waals surface area contributed by atoms with Crippen LogP contribution in [0.5, 0.6) is 0 Å². The molecule has 0 radical (unpaired) electrons. The lowest BCUT2D eigenvalue weighted by atomic mass is 9.70. The highest BCUT2D eigenvalue weighted by molar-refractivity contribution is 4.92. The Morgan fingerprint density at radius 2 is 1.80 bits per heavy atom. The summed E-state index contributed by atoms with van der Waals surface area (Å²) in [6, 6.07) is 0.858. The lowest BCUT2D eigenvalue weighted by molar-refractivity contribution is 0.0877. The fraction of sp³-hybridized carbons (Fsp3) is 1.00. The summed E-state index contributed by atoms with van der Waals surface area (Å²) in [6.07, 6.45) is 11.3. The van der Waals surface area contributed by atoms with Crippen LogP contribution in [0.15, 0.2) is 0 Å². The molecule has 0 heterocycles. The molecule has 0 atom stereocenters. The monoisotopic (exact) mass is 280 g/mol. The molecule has 2 heteroatoms. The van der Waals surface area contributed by atoms with E-state index in [1.54, 1.807) is 0 Å². The molecule has 2 aliphatic carbocycles. The van der Waals surface area contributed by atoms with Crippen molar-refractivity contribution < 1.29 is 0 Å². The normalized spacial score (nSPS) is 30.9. The Morgan fingerprint density at radius 3 is 2.35 bits per heavy atom. The summed E-state index contributed by atoms with van der Waals surface area (Å²) in [7, 11) is 0. The molecular weight excluding hydrogens is 244 g/mol. The van der Waals surface area contributed by atoms with E-state index in [-0.39, 0.29) is 0 Å². The van der Waals surface area contributed by atoms with Gasteiger partial charge in [0.15, 0.2) is 0 Å². The molecule has 2 rings (SSSR count). The minimum Gasteiger partial charge on any atom is -0.313 e. The maximum absolute atomic E-state index is 3.84. The van der Waals surface area contributed by atoms with Crippen LogP contribution in [0.3, 0.4) is 0 Å². The van der Waals surface area contributed by atoms with E-state index in [2.05, 4.69) is 31.0 Å². The summed E-state index contributed by atoms with van der Waals surface area (Å²) >= 11 is 0. The average Bonchev–Trinajstić information content (AvgIpc) is 3.28. The fourth-order valence-electron chi connectivity index (χ4n) is 3.62. The number of hydrogen-bond acceptors (Lipinski definition) is 2. The predicted molar refractivity (Wildman–Crippen MR) is 88.1 cm³/mol. The van der Waals surface area contributed by atoms with E-state index in [1.807, 2.05) is 0 Å². The molecule has 0 aromatic rings. The van der Waals surface area contributed by atoms with Crippen LogP contribution in [-0.4, -0.2) is 37.1 Å². The first-order valence-electron chi connectivity index (χ1n) is 9.13. The van der Waals surface area contributed by atoms with Gasteiger partial charge in [0.25, 0.3) is 0 Å². The molecule has 2 saturated carbocycles. The minimum atomic E-state index is 0.568. The largest absolute Gasteiger partial charge is 0.313 e. The molecule has 2 fully saturated rings. The zero-order chi connectivity index (χ0) is 14.4. The Morgan fingerprint density at radius 1 is 1.10 bits per heavy atom. The van der Waals surface area contributed by atoms with Gasteiger partial charge in [-0.2, -0.15) is 0 Å². The van der Waals surface area contributed by atoms with Gasteiger partial charge in [0.05, 0.1) is 0 Å². The first-order chi connectivity index (χ1) is 9.67. The molecule has 1 N–H and O–H groups in total. The SMILES string of the molecule is CCCCN(CC)CC1(CNC2CC2)CCC(C)CC1. The smallest absolute Gasteiger partial charge is 0.00684 e. The lowest BCUT2D eigenvalue weighted by Crippen LogP contribution is -2.46. The zero-order valence-corrected chi connectivity index (χ0v) is 14.1. The van der Waals surface area contributed by atoms with E-state index < -0.39 is 0 Å². The van der Waals surface area contributed by atoms with E-state index in [4.69, 9.17) is 0 Å². The van der Waals surface area contributed by atoms with Crippen LogP contribution in [0.1, 0.15) is 72.1 Å². The van der Waals surface area contributed by atoms with E-state index in [0.29, 0.717) is 5.41 Å². The van der Waals surface area contributed by atoms with Crippen LogP contribution in [0.4, 0.5) is 0 Å². The van der Waals surface area contributed by atoms with Gasteiger partial charge in [0.2, 0.25) is 0 Å². The van der Waals surface area contributed by atoms with Crippen molar-refractivity contribution in [2.75, 3.05) is 26.2 Å². The third-order valence-corrected chi connectivity index (χ3v) is 5.51. The van der Waals surface area contributed by atoms with E-state index in [0.717, 1.165) is 12.0 Å². The van der Waals surface area contributed by atoms with Gasteiger partial charge in [-0.25, -0.2) is 0 Å². The highest BCUT2D eigenvalue weighted by Gasteiger charge is 2.36. The van der Waals surface area contributed by atoms with Crippen molar-refractivity contribution >= 4 is 0 Å². The van der Waals surface area contributed by atoms with Crippen molar-refractivity contribution in [3.63, 3.8) is 0 Å². The Balaban J connectivity index is 1.89. The fourth-order valence-corrected chi connectivity index (χ4v) is 3.62. The van der Waals surface area contributed by atoms with Crippen LogP contribution in [-0.2, 0) is 0 Å². The average molecular weight is 280 g/mol. The van der Waals surface area contributed by atoms with E-state index >= 15 is 0 Å². The molecular formula is C18H36N2. The van der Waals surface area contributed by atoms with Crippen molar-refractivity contribution in [2.24, 2.45) is 11.3 Å². The van der Waals surface area contributed by atoms with Gasteiger partial charge >= 0.3 is 0 Å². The number of nitrogens with one attached hydrogen (secondary N) is 1. The second kappa shape index (κ2) is 7.79. The van der Waals surface area contributed by atoms with Gasteiger partial charge in [-0.05, 0) is 56.5 Å². The van der Waals surface area contributed by atoms with Crippen molar-refractivity contribution in [3.8, 4) is 0 Å².